The summed E-state index contributed by atoms with van der Waals surface area (Å²) < 4.78 is 32.4. The molecule has 0 radical (unpaired) electrons. The van der Waals surface area contributed by atoms with Crippen LogP contribution in [0.4, 0.5) is 14.5 Å². The second kappa shape index (κ2) is 8.62. The molecule has 1 N–H and O–H groups in total. The van der Waals surface area contributed by atoms with Crippen LogP contribution in [-0.4, -0.2) is 17.6 Å². The molecule has 31 heavy (non-hydrogen) atoms. The van der Waals surface area contributed by atoms with Crippen LogP contribution in [0.1, 0.15) is 27.2 Å². The Kier molecular flexibility index (Phi) is 5.73. The third-order valence-corrected chi connectivity index (χ3v) is 5.76. The van der Waals surface area contributed by atoms with Gasteiger partial charge in [0.05, 0.1) is 36.4 Å². The molecule has 0 atom stereocenters. The Morgan fingerprint density at radius 3 is 2.68 bits per heavy atom. The minimum absolute atomic E-state index is 0.0729. The second-order valence-electron chi connectivity index (χ2n) is 6.79. The van der Waals surface area contributed by atoms with Gasteiger partial charge in [-0.2, -0.15) is 5.26 Å². The Morgan fingerprint density at radius 2 is 2.00 bits per heavy atom. The Balaban J connectivity index is 1.68. The maximum absolute atomic E-state index is 13.6. The van der Waals surface area contributed by atoms with E-state index < -0.39 is 17.5 Å². The lowest BCUT2D eigenvalue weighted by molar-refractivity contribution is -0.116. The first-order valence-electron chi connectivity index (χ1n) is 9.21. The monoisotopic (exact) mass is 439 g/mol. The first-order valence-corrected chi connectivity index (χ1v) is 10.2. The van der Waals surface area contributed by atoms with Gasteiger partial charge in [-0.25, -0.2) is 8.78 Å². The number of hydrogen-bond acceptors (Lipinski definition) is 5. The molecule has 2 aromatic carbocycles. The zero-order valence-electron chi connectivity index (χ0n) is 16.0. The van der Waals surface area contributed by atoms with Gasteiger partial charge < -0.3 is 14.6 Å². The highest BCUT2D eigenvalue weighted by Gasteiger charge is 2.29. The number of anilines is 1. The number of thioether (sulfide) groups is 1. The van der Waals surface area contributed by atoms with E-state index in [0.29, 0.717) is 16.3 Å². The molecule has 0 aliphatic carbocycles. The Labute approximate surface area is 180 Å². The average Bonchev–Trinajstić information content (AvgIpc) is 3.26. The summed E-state index contributed by atoms with van der Waals surface area (Å²) >= 11 is 1.19. The van der Waals surface area contributed by atoms with E-state index in [1.807, 2.05) is 0 Å². The number of fused-ring (bicyclic) bond motifs is 1. The van der Waals surface area contributed by atoms with Crippen LogP contribution in [0.5, 0.6) is 0 Å². The van der Waals surface area contributed by atoms with E-state index in [4.69, 9.17) is 4.42 Å². The van der Waals surface area contributed by atoms with Gasteiger partial charge in [0.1, 0.15) is 23.5 Å². The van der Waals surface area contributed by atoms with Crippen molar-refractivity contribution in [3.63, 3.8) is 0 Å². The number of amides is 2. The summed E-state index contributed by atoms with van der Waals surface area (Å²) in [5, 5.41) is 12.3. The fourth-order valence-corrected chi connectivity index (χ4v) is 4.27. The van der Waals surface area contributed by atoms with Crippen molar-refractivity contribution in [2.75, 3.05) is 10.7 Å². The molecule has 9 heteroatoms. The van der Waals surface area contributed by atoms with Crippen LogP contribution in [-0.2, 0) is 17.9 Å². The van der Waals surface area contributed by atoms with E-state index in [0.717, 1.165) is 18.2 Å². The average molecular weight is 439 g/mol. The molecule has 0 bridgehead atoms. The van der Waals surface area contributed by atoms with E-state index in [1.54, 1.807) is 12.1 Å². The minimum Gasteiger partial charge on any atom is -0.467 e. The quantitative estimate of drug-likeness (QED) is 0.650. The van der Waals surface area contributed by atoms with E-state index >= 15 is 0 Å². The molecule has 0 saturated heterocycles. The van der Waals surface area contributed by atoms with Crippen molar-refractivity contribution in [1.29, 1.82) is 5.26 Å². The third kappa shape index (κ3) is 4.44. The van der Waals surface area contributed by atoms with Crippen molar-refractivity contribution in [3.05, 3.63) is 82.8 Å². The van der Waals surface area contributed by atoms with Gasteiger partial charge in [-0.1, -0.05) is 0 Å². The highest BCUT2D eigenvalue weighted by Crippen LogP contribution is 2.39. The van der Waals surface area contributed by atoms with Gasteiger partial charge >= 0.3 is 0 Å². The van der Waals surface area contributed by atoms with E-state index in [2.05, 4.69) is 11.4 Å². The maximum atomic E-state index is 13.6. The molecular weight excluding hydrogens is 424 g/mol. The van der Waals surface area contributed by atoms with Gasteiger partial charge in [-0.15, -0.1) is 11.8 Å². The summed E-state index contributed by atoms with van der Waals surface area (Å²) in [4.78, 5) is 27.2. The lowest BCUT2D eigenvalue weighted by atomic mass is 10.1. The van der Waals surface area contributed by atoms with Gasteiger partial charge in [0.15, 0.2) is 0 Å². The molecule has 156 valence electrons. The Morgan fingerprint density at radius 1 is 1.23 bits per heavy atom. The fourth-order valence-electron chi connectivity index (χ4n) is 3.27. The van der Waals surface area contributed by atoms with Crippen LogP contribution >= 0.6 is 11.8 Å². The Bertz CT molecular complexity index is 1190. The number of rotatable bonds is 5. The summed E-state index contributed by atoms with van der Waals surface area (Å²) in [7, 11) is 0. The number of hydrogen-bond donors (Lipinski definition) is 1. The predicted molar refractivity (Wildman–Crippen MR) is 109 cm³/mol. The highest BCUT2D eigenvalue weighted by atomic mass is 32.2. The highest BCUT2D eigenvalue weighted by molar-refractivity contribution is 8.00. The van der Waals surface area contributed by atoms with E-state index in [-0.39, 0.29) is 41.4 Å². The normalized spacial score (nSPS) is 12.9. The number of nitrogens with zero attached hydrogens (tertiary/aromatic N) is 2. The van der Waals surface area contributed by atoms with Crippen molar-refractivity contribution in [2.24, 2.45) is 0 Å². The second-order valence-corrected chi connectivity index (χ2v) is 7.78. The largest absolute Gasteiger partial charge is 0.467 e. The molecule has 2 amide bonds. The first-order chi connectivity index (χ1) is 14.9. The summed E-state index contributed by atoms with van der Waals surface area (Å²) in [6.07, 6.45) is 1.49. The van der Waals surface area contributed by atoms with E-state index in [1.165, 1.54) is 35.1 Å². The van der Waals surface area contributed by atoms with Crippen LogP contribution in [0.25, 0.3) is 0 Å². The van der Waals surface area contributed by atoms with Crippen LogP contribution in [0.15, 0.2) is 58.0 Å². The number of carbonyl (C=O) groups is 2. The number of carbonyl (C=O) groups excluding carboxylic acids is 2. The molecular formula is C22H15F2N3O3S. The summed E-state index contributed by atoms with van der Waals surface area (Å²) in [5.74, 6) is -1.61. The minimum atomic E-state index is -0.752. The van der Waals surface area contributed by atoms with Gasteiger partial charge in [0, 0.05) is 16.5 Å². The summed E-state index contributed by atoms with van der Waals surface area (Å²) in [6, 6.07) is 11.5. The van der Waals surface area contributed by atoms with Gasteiger partial charge in [-0.05, 0) is 42.0 Å². The molecule has 4 rings (SSSR count). The lowest BCUT2D eigenvalue weighted by Gasteiger charge is -2.30. The standard InChI is InChI=1S/C22H15F2N3O3S/c23-16-4-13(5-17(24)8-16)11-27-19-7-14(22(29)26-10-18-2-1-3-30-18)6-15(9-25)21(19)31-12-20(27)28/h1-8H,10-12H2,(H,26,29). The number of nitrogens with one attached hydrogen (secondary N) is 1. The molecule has 1 aliphatic heterocycles. The van der Waals surface area contributed by atoms with Gasteiger partial charge in [-0.3, -0.25) is 9.59 Å². The van der Waals surface area contributed by atoms with Crippen molar-refractivity contribution in [3.8, 4) is 6.07 Å². The Hall–Kier alpha value is -3.64. The van der Waals surface area contributed by atoms with E-state index in [9.17, 15) is 23.6 Å². The van der Waals surface area contributed by atoms with Gasteiger partial charge in [0.25, 0.3) is 5.91 Å². The zero-order valence-corrected chi connectivity index (χ0v) is 16.8. The number of benzene rings is 2. The number of halogens is 2. The fraction of sp³-hybridized carbons (Fsp3) is 0.136. The first kappa shape index (κ1) is 20.6. The van der Waals surface area contributed by atoms with Crippen LogP contribution in [0.2, 0.25) is 0 Å². The molecule has 0 saturated carbocycles. The molecule has 3 aromatic rings. The molecule has 0 spiro atoms. The number of furan rings is 1. The molecule has 0 fully saturated rings. The zero-order chi connectivity index (χ0) is 22.0. The number of nitriles is 1. The van der Waals surface area contributed by atoms with Crippen molar-refractivity contribution in [1.82, 2.24) is 5.32 Å². The summed E-state index contributed by atoms with van der Waals surface area (Å²) in [5.41, 5.74) is 1.05. The third-order valence-electron chi connectivity index (χ3n) is 4.65. The molecule has 6 nitrogen and oxygen atoms in total. The van der Waals surface area contributed by atoms with Gasteiger partial charge in [0.2, 0.25) is 5.91 Å². The van der Waals surface area contributed by atoms with Crippen molar-refractivity contribution < 1.29 is 22.8 Å². The molecule has 2 heterocycles. The molecule has 1 aromatic heterocycles. The summed E-state index contributed by atoms with van der Waals surface area (Å²) in [6.45, 7) is 0.0637. The topological polar surface area (TPSA) is 86.3 Å². The maximum Gasteiger partial charge on any atom is 0.251 e. The van der Waals surface area contributed by atoms with Crippen LogP contribution in [0.3, 0.4) is 0 Å². The molecule has 1 aliphatic rings. The van der Waals surface area contributed by atoms with Crippen molar-refractivity contribution in [2.45, 2.75) is 18.0 Å². The van der Waals surface area contributed by atoms with Crippen LogP contribution < -0.4 is 10.2 Å². The lowest BCUT2D eigenvalue weighted by Crippen LogP contribution is -2.35. The smallest absolute Gasteiger partial charge is 0.251 e. The van der Waals surface area contributed by atoms with Crippen LogP contribution in [0, 0.1) is 23.0 Å². The molecule has 0 unspecified atom stereocenters. The predicted octanol–water partition coefficient (Wildman–Crippen LogP) is 4.00. The van der Waals surface area contributed by atoms with Crippen molar-refractivity contribution >= 4 is 29.3 Å². The SMILES string of the molecule is N#Cc1cc(C(=O)NCc2ccco2)cc2c1SCC(=O)N2Cc1cc(F)cc(F)c1.